The van der Waals surface area contributed by atoms with Gasteiger partial charge in [-0.05, 0) is 42.1 Å². The van der Waals surface area contributed by atoms with Gasteiger partial charge in [-0.1, -0.05) is 66.7 Å². The quantitative estimate of drug-likeness (QED) is 0.652. The Morgan fingerprint density at radius 3 is 2.81 bits per heavy atom. The highest BCUT2D eigenvalue weighted by Crippen LogP contribution is 2.65. The van der Waals surface area contributed by atoms with E-state index in [9.17, 15) is 4.79 Å². The summed E-state index contributed by atoms with van der Waals surface area (Å²) in [6, 6.07) is 8.14. The van der Waals surface area contributed by atoms with Crippen molar-refractivity contribution in [2.45, 2.75) is 51.2 Å². The highest BCUT2D eigenvalue weighted by atomic mass is 79.9. The van der Waals surface area contributed by atoms with Crippen molar-refractivity contribution in [3.05, 3.63) is 28.7 Å². The summed E-state index contributed by atoms with van der Waals surface area (Å²) in [6.07, 6.45) is 3.60. The summed E-state index contributed by atoms with van der Waals surface area (Å²) in [6.45, 7) is 7.07. The van der Waals surface area contributed by atoms with Gasteiger partial charge in [0, 0.05) is 16.1 Å². The van der Waals surface area contributed by atoms with Crippen molar-refractivity contribution in [1.82, 2.24) is 20.5 Å². The number of hydrogen-bond acceptors (Lipinski definition) is 4. The van der Waals surface area contributed by atoms with Crippen LogP contribution in [-0.2, 0) is 4.79 Å². The molecule has 2 N–H and O–H groups in total. The Morgan fingerprint density at radius 1 is 1.37 bits per heavy atom. The predicted octanol–water partition coefficient (Wildman–Crippen LogP) is 4.66. The molecule has 4 rings (SSSR count). The van der Waals surface area contributed by atoms with Crippen molar-refractivity contribution in [3.63, 3.8) is 0 Å². The second-order valence-corrected chi connectivity index (χ2v) is 10.3. The Labute approximate surface area is 172 Å². The molecular weight excluding hydrogens is 424 g/mol. The molecule has 2 saturated carbocycles. The molecule has 7 heteroatoms. The minimum atomic E-state index is 0.0711. The Kier molecular flexibility index (Phi) is 4.87. The number of hydrogen-bond donors (Lipinski definition) is 2. The molecule has 0 saturated heterocycles. The van der Waals surface area contributed by atoms with Gasteiger partial charge in [-0.2, -0.15) is 0 Å². The van der Waals surface area contributed by atoms with Crippen LogP contribution in [0.2, 0.25) is 0 Å². The summed E-state index contributed by atoms with van der Waals surface area (Å²) in [4.78, 5) is 17.0. The lowest BCUT2D eigenvalue weighted by molar-refractivity contribution is -0.120. The van der Waals surface area contributed by atoms with E-state index in [2.05, 4.69) is 57.2 Å². The molecule has 2 aromatic rings. The number of nitrogens with zero attached hydrogens (tertiary/aromatic N) is 2. The van der Waals surface area contributed by atoms with E-state index < -0.39 is 0 Å². The number of aromatic nitrogens is 3. The minimum Gasteiger partial charge on any atom is -0.352 e. The number of nitrogens with one attached hydrogen (secondary N) is 2. The van der Waals surface area contributed by atoms with Crippen molar-refractivity contribution in [1.29, 1.82) is 0 Å². The molecular formula is C20H25BrN4OS. The van der Waals surface area contributed by atoms with Gasteiger partial charge in [0.2, 0.25) is 11.1 Å². The van der Waals surface area contributed by atoms with Gasteiger partial charge >= 0.3 is 0 Å². The summed E-state index contributed by atoms with van der Waals surface area (Å²) in [5.41, 5.74) is 1.47. The standard InChI is InChI=1S/C20H25BrN4OS/c1-19(2)12-8-9-20(19,3)15(10-12)22-16(26)11-27-18-23-17(24-25-18)13-6-4-5-7-14(13)21/h4-7,12,15H,8-11H2,1-3H3,(H,22,26)(H,23,24,25). The summed E-state index contributed by atoms with van der Waals surface area (Å²) >= 11 is 4.90. The van der Waals surface area contributed by atoms with Crippen LogP contribution in [0.3, 0.4) is 0 Å². The lowest BCUT2D eigenvalue weighted by Gasteiger charge is -2.39. The van der Waals surface area contributed by atoms with E-state index in [1.165, 1.54) is 24.6 Å². The highest BCUT2D eigenvalue weighted by Gasteiger charge is 2.61. The van der Waals surface area contributed by atoms with Gasteiger partial charge in [-0.25, -0.2) is 4.98 Å². The molecule has 27 heavy (non-hydrogen) atoms. The largest absolute Gasteiger partial charge is 0.352 e. The number of halogens is 1. The average molecular weight is 449 g/mol. The number of H-pyrrole nitrogens is 1. The third-order valence-electron chi connectivity index (χ3n) is 7.06. The molecule has 0 radical (unpaired) electrons. The van der Waals surface area contributed by atoms with E-state index in [1.807, 2.05) is 24.3 Å². The summed E-state index contributed by atoms with van der Waals surface area (Å²) in [5, 5.41) is 11.1. The highest BCUT2D eigenvalue weighted by molar-refractivity contribution is 9.10. The van der Waals surface area contributed by atoms with Crippen LogP contribution in [0.25, 0.3) is 11.4 Å². The maximum atomic E-state index is 12.5. The third-order valence-corrected chi connectivity index (χ3v) is 8.59. The van der Waals surface area contributed by atoms with E-state index in [1.54, 1.807) is 0 Å². The van der Waals surface area contributed by atoms with Crippen molar-refractivity contribution in [2.24, 2.45) is 16.7 Å². The molecule has 5 nitrogen and oxygen atoms in total. The summed E-state index contributed by atoms with van der Waals surface area (Å²) in [7, 11) is 0. The van der Waals surface area contributed by atoms with Crippen LogP contribution in [0.4, 0.5) is 0 Å². The number of thioether (sulfide) groups is 1. The zero-order valence-corrected chi connectivity index (χ0v) is 18.3. The number of carbonyl (C=O) groups excluding carboxylic acids is 1. The van der Waals surface area contributed by atoms with Gasteiger partial charge in [0.25, 0.3) is 0 Å². The second-order valence-electron chi connectivity index (χ2n) is 8.47. The van der Waals surface area contributed by atoms with E-state index in [0.29, 0.717) is 22.1 Å². The topological polar surface area (TPSA) is 70.7 Å². The number of carbonyl (C=O) groups is 1. The lowest BCUT2D eigenvalue weighted by Crippen LogP contribution is -2.47. The normalized spacial score (nSPS) is 28.4. The monoisotopic (exact) mass is 448 g/mol. The Bertz CT molecular complexity index is 867. The van der Waals surface area contributed by atoms with E-state index in [0.717, 1.165) is 22.4 Å². The van der Waals surface area contributed by atoms with Crippen LogP contribution in [0.1, 0.15) is 40.0 Å². The zero-order valence-electron chi connectivity index (χ0n) is 15.9. The first-order valence-corrected chi connectivity index (χ1v) is 11.2. The molecule has 2 fully saturated rings. The van der Waals surface area contributed by atoms with Crippen molar-refractivity contribution >= 4 is 33.6 Å². The van der Waals surface area contributed by atoms with Gasteiger partial charge in [-0.3, -0.25) is 9.89 Å². The third kappa shape index (κ3) is 3.23. The van der Waals surface area contributed by atoms with Crippen LogP contribution < -0.4 is 5.32 Å². The van der Waals surface area contributed by atoms with Crippen LogP contribution in [0.15, 0.2) is 33.9 Å². The Morgan fingerprint density at radius 2 is 2.15 bits per heavy atom. The van der Waals surface area contributed by atoms with Gasteiger partial charge in [0.1, 0.15) is 0 Å². The number of aromatic amines is 1. The summed E-state index contributed by atoms with van der Waals surface area (Å²) < 4.78 is 0.961. The fourth-order valence-electron chi connectivity index (χ4n) is 4.87. The van der Waals surface area contributed by atoms with Crippen LogP contribution in [0, 0.1) is 16.7 Å². The van der Waals surface area contributed by atoms with E-state index in [-0.39, 0.29) is 17.4 Å². The molecule has 1 aromatic carbocycles. The number of benzene rings is 1. The molecule has 2 aliphatic carbocycles. The molecule has 2 bridgehead atoms. The molecule has 3 atom stereocenters. The molecule has 144 valence electrons. The van der Waals surface area contributed by atoms with Gasteiger partial charge in [0.15, 0.2) is 5.82 Å². The van der Waals surface area contributed by atoms with Crippen LogP contribution in [-0.4, -0.2) is 32.9 Å². The van der Waals surface area contributed by atoms with Crippen LogP contribution >= 0.6 is 27.7 Å². The molecule has 0 spiro atoms. The van der Waals surface area contributed by atoms with E-state index >= 15 is 0 Å². The second kappa shape index (κ2) is 6.92. The van der Waals surface area contributed by atoms with Gasteiger partial charge in [-0.15, -0.1) is 5.10 Å². The molecule has 2 aliphatic rings. The summed E-state index contributed by atoms with van der Waals surface area (Å²) in [5.74, 6) is 1.83. The molecule has 1 aromatic heterocycles. The first-order valence-electron chi connectivity index (χ1n) is 9.41. The minimum absolute atomic E-state index is 0.0711. The van der Waals surface area contributed by atoms with Crippen molar-refractivity contribution in [2.75, 3.05) is 5.75 Å². The number of fused-ring (bicyclic) bond motifs is 2. The fourth-order valence-corrected chi connectivity index (χ4v) is 5.95. The van der Waals surface area contributed by atoms with Gasteiger partial charge < -0.3 is 5.32 Å². The fraction of sp³-hybridized carbons (Fsp3) is 0.550. The van der Waals surface area contributed by atoms with Crippen molar-refractivity contribution < 1.29 is 4.79 Å². The smallest absolute Gasteiger partial charge is 0.230 e. The Balaban J connectivity index is 1.35. The maximum Gasteiger partial charge on any atom is 0.230 e. The molecule has 1 amide bonds. The lowest BCUT2D eigenvalue weighted by atomic mass is 9.69. The van der Waals surface area contributed by atoms with Crippen molar-refractivity contribution in [3.8, 4) is 11.4 Å². The molecule has 0 aliphatic heterocycles. The van der Waals surface area contributed by atoms with Crippen LogP contribution in [0.5, 0.6) is 0 Å². The zero-order chi connectivity index (χ0) is 19.2. The molecule has 1 heterocycles. The SMILES string of the molecule is CC1(C)C2CCC1(C)C(NC(=O)CSc1n[nH]c(-c3ccccc3Br)n1)C2. The number of amides is 1. The maximum absolute atomic E-state index is 12.5. The Hall–Kier alpha value is -1.34. The molecule has 3 unspecified atom stereocenters. The van der Waals surface area contributed by atoms with E-state index in [4.69, 9.17) is 0 Å². The number of rotatable bonds is 5. The first kappa shape index (κ1) is 19.0. The predicted molar refractivity (Wildman–Crippen MR) is 111 cm³/mol. The van der Waals surface area contributed by atoms with Gasteiger partial charge in [0.05, 0.1) is 5.75 Å². The first-order chi connectivity index (χ1) is 12.8. The average Bonchev–Trinajstić information content (AvgIpc) is 3.23.